The summed E-state index contributed by atoms with van der Waals surface area (Å²) in [7, 11) is 0. The molecule has 1 rings (SSSR count). The molecule has 3 heteroatoms. The Bertz CT molecular complexity index is 203. The van der Waals surface area contributed by atoms with Gasteiger partial charge in [0.05, 0.1) is 13.2 Å². The maximum absolute atomic E-state index is 5.46. The van der Waals surface area contributed by atoms with Crippen LogP contribution in [0, 0.1) is 5.92 Å². The molecule has 0 spiro atoms. The van der Waals surface area contributed by atoms with E-state index in [-0.39, 0.29) is 0 Å². The predicted octanol–water partition coefficient (Wildman–Crippen LogP) is 2.90. The van der Waals surface area contributed by atoms with Crippen LogP contribution >= 0.6 is 0 Å². The van der Waals surface area contributed by atoms with Crippen LogP contribution in [0.25, 0.3) is 0 Å². The van der Waals surface area contributed by atoms with Crippen molar-refractivity contribution in [1.29, 1.82) is 0 Å². The first kappa shape index (κ1) is 16.9. The smallest absolute Gasteiger partial charge is 0.0594 e. The summed E-state index contributed by atoms with van der Waals surface area (Å²) in [5.74, 6) is 0.773. The van der Waals surface area contributed by atoms with Crippen molar-refractivity contribution in [3.8, 4) is 0 Å². The highest BCUT2D eigenvalue weighted by atomic mass is 16.5. The monoisotopic (exact) mass is 270 g/mol. The zero-order chi connectivity index (χ0) is 13.9. The van der Waals surface area contributed by atoms with E-state index >= 15 is 0 Å². The number of nitrogens with zero attached hydrogens (tertiary/aromatic N) is 1. The standard InChI is InChI=1S/C16H34N2O/c1-4-5-6-7-8-17-14-16(13-15(2)3)18-9-11-19-12-10-18/h15-17H,4-14H2,1-3H3. The van der Waals surface area contributed by atoms with Gasteiger partial charge in [-0.25, -0.2) is 0 Å². The lowest BCUT2D eigenvalue weighted by molar-refractivity contribution is 0.0124. The van der Waals surface area contributed by atoms with Crippen LogP contribution in [0.3, 0.4) is 0 Å². The number of rotatable bonds is 10. The highest BCUT2D eigenvalue weighted by Crippen LogP contribution is 2.13. The second-order valence-corrected chi connectivity index (χ2v) is 6.20. The van der Waals surface area contributed by atoms with Crippen LogP contribution in [0.15, 0.2) is 0 Å². The Hall–Kier alpha value is -0.120. The van der Waals surface area contributed by atoms with E-state index in [0.29, 0.717) is 6.04 Å². The molecule has 0 aliphatic carbocycles. The van der Waals surface area contributed by atoms with Crippen LogP contribution in [0.4, 0.5) is 0 Å². The van der Waals surface area contributed by atoms with Crippen molar-refractivity contribution >= 4 is 0 Å². The number of morpholine rings is 1. The molecule has 0 aromatic rings. The molecule has 1 aliphatic heterocycles. The Morgan fingerprint density at radius 2 is 1.84 bits per heavy atom. The zero-order valence-electron chi connectivity index (χ0n) is 13.3. The number of ether oxygens (including phenoxy) is 1. The van der Waals surface area contributed by atoms with E-state index < -0.39 is 0 Å². The van der Waals surface area contributed by atoms with Crippen LogP contribution in [0.5, 0.6) is 0 Å². The molecule has 19 heavy (non-hydrogen) atoms. The van der Waals surface area contributed by atoms with Crippen molar-refractivity contribution in [1.82, 2.24) is 10.2 Å². The van der Waals surface area contributed by atoms with E-state index in [2.05, 4.69) is 31.0 Å². The lowest BCUT2D eigenvalue weighted by Crippen LogP contribution is -2.48. The molecular weight excluding hydrogens is 236 g/mol. The highest BCUT2D eigenvalue weighted by Gasteiger charge is 2.21. The molecule has 1 unspecified atom stereocenters. The Morgan fingerprint density at radius 1 is 1.11 bits per heavy atom. The van der Waals surface area contributed by atoms with Crippen LogP contribution in [0.2, 0.25) is 0 Å². The summed E-state index contributed by atoms with van der Waals surface area (Å²) in [5, 5.41) is 3.66. The van der Waals surface area contributed by atoms with Gasteiger partial charge >= 0.3 is 0 Å². The first-order valence-electron chi connectivity index (χ1n) is 8.26. The molecule has 0 aromatic heterocycles. The fourth-order valence-corrected chi connectivity index (χ4v) is 2.79. The van der Waals surface area contributed by atoms with Gasteiger partial charge in [0.25, 0.3) is 0 Å². The van der Waals surface area contributed by atoms with Crippen LogP contribution in [-0.4, -0.2) is 50.3 Å². The second-order valence-electron chi connectivity index (χ2n) is 6.20. The van der Waals surface area contributed by atoms with Gasteiger partial charge < -0.3 is 10.1 Å². The number of nitrogens with one attached hydrogen (secondary N) is 1. The van der Waals surface area contributed by atoms with Crippen molar-refractivity contribution < 1.29 is 4.74 Å². The van der Waals surface area contributed by atoms with E-state index in [1.165, 1.54) is 38.6 Å². The molecule has 0 amide bonds. The van der Waals surface area contributed by atoms with Gasteiger partial charge in [-0.1, -0.05) is 40.0 Å². The third kappa shape index (κ3) is 7.91. The Kier molecular flexibility index (Phi) is 9.48. The van der Waals surface area contributed by atoms with Crippen molar-refractivity contribution in [3.05, 3.63) is 0 Å². The number of hydrogen-bond acceptors (Lipinski definition) is 3. The summed E-state index contributed by atoms with van der Waals surface area (Å²) in [4.78, 5) is 2.61. The Morgan fingerprint density at radius 3 is 2.47 bits per heavy atom. The Labute approximate surface area is 120 Å². The lowest BCUT2D eigenvalue weighted by Gasteiger charge is -2.35. The summed E-state index contributed by atoms with van der Waals surface area (Å²) < 4.78 is 5.46. The maximum Gasteiger partial charge on any atom is 0.0594 e. The second kappa shape index (κ2) is 10.6. The van der Waals surface area contributed by atoms with Gasteiger partial charge in [-0.2, -0.15) is 0 Å². The van der Waals surface area contributed by atoms with Crippen LogP contribution < -0.4 is 5.32 Å². The summed E-state index contributed by atoms with van der Waals surface area (Å²) in [6.07, 6.45) is 6.69. The molecule has 0 radical (unpaired) electrons. The molecule has 0 aromatic carbocycles. The SMILES string of the molecule is CCCCCCNCC(CC(C)C)N1CCOCC1. The summed E-state index contributed by atoms with van der Waals surface area (Å²) >= 11 is 0. The fraction of sp³-hybridized carbons (Fsp3) is 1.00. The van der Waals surface area contributed by atoms with E-state index in [4.69, 9.17) is 4.74 Å². The quantitative estimate of drug-likeness (QED) is 0.618. The van der Waals surface area contributed by atoms with Gasteiger partial charge in [-0.15, -0.1) is 0 Å². The summed E-state index contributed by atoms with van der Waals surface area (Å²) in [6.45, 7) is 13.3. The van der Waals surface area contributed by atoms with Crippen molar-refractivity contribution in [2.45, 2.75) is 58.9 Å². The molecule has 1 heterocycles. The maximum atomic E-state index is 5.46. The minimum Gasteiger partial charge on any atom is -0.379 e. The minimum atomic E-state index is 0.690. The lowest BCUT2D eigenvalue weighted by atomic mass is 10.0. The van der Waals surface area contributed by atoms with Crippen molar-refractivity contribution in [2.75, 3.05) is 39.4 Å². The third-order valence-corrected chi connectivity index (χ3v) is 3.89. The third-order valence-electron chi connectivity index (χ3n) is 3.89. The molecule has 1 aliphatic rings. The van der Waals surface area contributed by atoms with Crippen LogP contribution in [0.1, 0.15) is 52.9 Å². The predicted molar refractivity (Wildman–Crippen MR) is 82.6 cm³/mol. The first-order valence-corrected chi connectivity index (χ1v) is 8.26. The molecule has 3 nitrogen and oxygen atoms in total. The van der Waals surface area contributed by atoms with Gasteiger partial charge in [-0.05, 0) is 25.3 Å². The minimum absolute atomic E-state index is 0.690. The normalized spacial score (nSPS) is 18.9. The summed E-state index contributed by atoms with van der Waals surface area (Å²) in [5.41, 5.74) is 0. The first-order chi connectivity index (χ1) is 9.24. The number of hydrogen-bond donors (Lipinski definition) is 1. The average Bonchev–Trinajstić information content (AvgIpc) is 2.42. The van der Waals surface area contributed by atoms with Crippen LogP contribution in [-0.2, 0) is 4.74 Å². The van der Waals surface area contributed by atoms with E-state index in [9.17, 15) is 0 Å². The van der Waals surface area contributed by atoms with E-state index in [0.717, 1.165) is 38.8 Å². The van der Waals surface area contributed by atoms with Gasteiger partial charge in [-0.3, -0.25) is 4.90 Å². The average molecular weight is 270 g/mol. The van der Waals surface area contributed by atoms with E-state index in [1.807, 2.05) is 0 Å². The molecule has 1 saturated heterocycles. The molecule has 1 N–H and O–H groups in total. The number of unbranched alkanes of at least 4 members (excludes halogenated alkanes) is 3. The highest BCUT2D eigenvalue weighted by molar-refractivity contribution is 4.77. The van der Waals surface area contributed by atoms with Gasteiger partial charge in [0.1, 0.15) is 0 Å². The molecule has 0 bridgehead atoms. The summed E-state index contributed by atoms with van der Waals surface area (Å²) in [6, 6.07) is 0.690. The largest absolute Gasteiger partial charge is 0.379 e. The van der Waals surface area contributed by atoms with Crippen molar-refractivity contribution in [3.63, 3.8) is 0 Å². The molecule has 1 fully saturated rings. The van der Waals surface area contributed by atoms with Gasteiger partial charge in [0.2, 0.25) is 0 Å². The zero-order valence-corrected chi connectivity index (χ0v) is 13.3. The van der Waals surface area contributed by atoms with E-state index in [1.54, 1.807) is 0 Å². The topological polar surface area (TPSA) is 24.5 Å². The molecule has 114 valence electrons. The Balaban J connectivity index is 2.20. The molecule has 0 saturated carbocycles. The van der Waals surface area contributed by atoms with Gasteiger partial charge in [0, 0.05) is 25.7 Å². The molecular formula is C16H34N2O. The van der Waals surface area contributed by atoms with Gasteiger partial charge in [0.15, 0.2) is 0 Å². The molecule has 1 atom stereocenters. The van der Waals surface area contributed by atoms with Crippen molar-refractivity contribution in [2.24, 2.45) is 5.92 Å². The fourth-order valence-electron chi connectivity index (χ4n) is 2.79.